The zero-order chi connectivity index (χ0) is 15.2. The summed E-state index contributed by atoms with van der Waals surface area (Å²) in [5, 5.41) is 10.5. The minimum atomic E-state index is -0.373. The Morgan fingerprint density at radius 2 is 2.00 bits per heavy atom. The molecule has 0 aromatic heterocycles. The van der Waals surface area contributed by atoms with E-state index in [1.807, 2.05) is 0 Å². The molecule has 0 bridgehead atoms. The van der Waals surface area contributed by atoms with Crippen molar-refractivity contribution in [2.24, 2.45) is 0 Å². The van der Waals surface area contributed by atoms with E-state index in [0.717, 1.165) is 12.8 Å². The number of hydrogen-bond donors (Lipinski definition) is 0. The number of carbonyl (C=O) groups is 1. The molecule has 1 aliphatic heterocycles. The number of methoxy groups -OCH3 is 1. The van der Waals surface area contributed by atoms with Crippen molar-refractivity contribution in [1.82, 2.24) is 0 Å². The lowest BCUT2D eigenvalue weighted by Crippen LogP contribution is -2.34. The lowest BCUT2D eigenvalue weighted by Gasteiger charge is -2.27. The molecular weight excluding hydrogens is 274 g/mol. The Bertz CT molecular complexity index is 499. The van der Waals surface area contributed by atoms with E-state index in [0.29, 0.717) is 17.7 Å². The highest BCUT2D eigenvalue weighted by Gasteiger charge is 2.27. The smallest absolute Gasteiger partial charge is 0.229 e. The monoisotopic (exact) mass is 293 g/mol. The van der Waals surface area contributed by atoms with E-state index in [1.165, 1.54) is 0 Å². The van der Waals surface area contributed by atoms with Gasteiger partial charge in [-0.05, 0) is 43.5 Å². The lowest BCUT2D eigenvalue weighted by atomic mass is 9.97. The Kier molecular flexibility index (Phi) is 5.27. The first-order valence-electron chi connectivity index (χ1n) is 7.03. The molecule has 0 spiro atoms. The van der Waals surface area contributed by atoms with Crippen LogP contribution in [-0.2, 0) is 4.74 Å². The summed E-state index contributed by atoms with van der Waals surface area (Å²) in [5.41, 5.74) is 0.607. The highest BCUT2D eigenvalue weighted by atomic mass is 16.6. The van der Waals surface area contributed by atoms with Gasteiger partial charge in [-0.3, -0.25) is 14.9 Å². The summed E-state index contributed by atoms with van der Waals surface area (Å²) in [7, 11) is 1.57. The van der Waals surface area contributed by atoms with Crippen molar-refractivity contribution in [1.29, 1.82) is 0 Å². The third-order valence-electron chi connectivity index (χ3n) is 3.61. The normalized spacial score (nSPS) is 21.8. The molecule has 1 fully saturated rings. The molecule has 6 heteroatoms. The fourth-order valence-corrected chi connectivity index (χ4v) is 2.53. The number of nitrogens with zero attached hydrogens (tertiary/aromatic N) is 1. The van der Waals surface area contributed by atoms with Gasteiger partial charge in [0.15, 0.2) is 5.78 Å². The van der Waals surface area contributed by atoms with Crippen LogP contribution in [0, 0.1) is 10.1 Å². The van der Waals surface area contributed by atoms with Gasteiger partial charge in [-0.25, -0.2) is 0 Å². The van der Waals surface area contributed by atoms with Crippen molar-refractivity contribution in [2.45, 2.75) is 37.9 Å². The molecular formula is C15H19NO5. The summed E-state index contributed by atoms with van der Waals surface area (Å²) in [6.45, 7) is -0.187. The predicted octanol–water partition coefficient (Wildman–Crippen LogP) is 2.48. The van der Waals surface area contributed by atoms with Gasteiger partial charge in [0.1, 0.15) is 11.9 Å². The molecule has 2 rings (SSSR count). The maximum Gasteiger partial charge on any atom is 0.229 e. The van der Waals surface area contributed by atoms with Gasteiger partial charge in [-0.2, -0.15) is 0 Å². The maximum atomic E-state index is 12.2. The van der Waals surface area contributed by atoms with Crippen LogP contribution >= 0.6 is 0 Å². The van der Waals surface area contributed by atoms with Gasteiger partial charge in [0, 0.05) is 16.9 Å². The van der Waals surface area contributed by atoms with Crippen molar-refractivity contribution in [3.63, 3.8) is 0 Å². The average Bonchev–Trinajstić information content (AvgIpc) is 2.47. The second-order valence-electron chi connectivity index (χ2n) is 5.18. The molecule has 114 valence electrons. The van der Waals surface area contributed by atoms with Crippen LogP contribution < -0.4 is 4.74 Å². The van der Waals surface area contributed by atoms with E-state index < -0.39 is 0 Å². The number of ether oxygens (including phenoxy) is 2. The van der Waals surface area contributed by atoms with Crippen molar-refractivity contribution < 1.29 is 19.2 Å². The Labute approximate surface area is 123 Å². The zero-order valence-electron chi connectivity index (χ0n) is 12.0. The summed E-state index contributed by atoms with van der Waals surface area (Å²) >= 11 is 0. The standard InChI is InChI=1S/C15H19NO5/c1-20-12-7-5-11(6-8-12)15(17)9-13-3-2-4-14(21-13)10-16(18)19/h5-8,13-14H,2-4,9-10H2,1H3/t13-,14+/m0/s1. The molecule has 0 N–H and O–H groups in total. The Balaban J connectivity index is 1.90. The number of ketones is 1. The Hall–Kier alpha value is -1.95. The van der Waals surface area contributed by atoms with Crippen molar-refractivity contribution in [3.05, 3.63) is 39.9 Å². The fraction of sp³-hybridized carbons (Fsp3) is 0.533. The lowest BCUT2D eigenvalue weighted by molar-refractivity contribution is -0.493. The van der Waals surface area contributed by atoms with Crippen LogP contribution in [-0.4, -0.2) is 36.6 Å². The zero-order valence-corrected chi connectivity index (χ0v) is 12.0. The molecule has 6 nitrogen and oxygen atoms in total. The molecule has 0 amide bonds. The number of rotatable bonds is 6. The Morgan fingerprint density at radius 1 is 1.33 bits per heavy atom. The summed E-state index contributed by atoms with van der Waals surface area (Å²) in [6.07, 6.45) is 1.99. The SMILES string of the molecule is COc1ccc(C(=O)C[C@@H]2CCC[C@H](C[N+](=O)[O-])O2)cc1. The summed E-state index contributed by atoms with van der Waals surface area (Å²) in [5.74, 6) is 0.691. The molecule has 21 heavy (non-hydrogen) atoms. The van der Waals surface area contributed by atoms with Gasteiger partial charge in [-0.1, -0.05) is 0 Å². The minimum absolute atomic E-state index is 0.00981. The van der Waals surface area contributed by atoms with Crippen molar-refractivity contribution >= 4 is 5.78 Å². The predicted molar refractivity (Wildman–Crippen MR) is 76.3 cm³/mol. The number of carbonyl (C=O) groups excluding carboxylic acids is 1. The second-order valence-corrected chi connectivity index (χ2v) is 5.18. The van der Waals surface area contributed by atoms with E-state index >= 15 is 0 Å². The second kappa shape index (κ2) is 7.17. The molecule has 0 saturated carbocycles. The van der Waals surface area contributed by atoms with E-state index in [4.69, 9.17) is 9.47 Å². The van der Waals surface area contributed by atoms with Crippen molar-refractivity contribution in [2.75, 3.05) is 13.7 Å². The quantitative estimate of drug-likeness (QED) is 0.457. The first-order valence-corrected chi connectivity index (χ1v) is 7.03. The van der Waals surface area contributed by atoms with Crippen LogP contribution in [0.5, 0.6) is 5.75 Å². The van der Waals surface area contributed by atoms with E-state index in [1.54, 1.807) is 31.4 Å². The number of benzene rings is 1. The van der Waals surface area contributed by atoms with Gasteiger partial charge in [-0.15, -0.1) is 0 Å². The fourth-order valence-electron chi connectivity index (χ4n) is 2.53. The van der Waals surface area contributed by atoms with Gasteiger partial charge < -0.3 is 9.47 Å². The highest BCUT2D eigenvalue weighted by Crippen LogP contribution is 2.23. The van der Waals surface area contributed by atoms with E-state index in [-0.39, 0.29) is 35.9 Å². The first kappa shape index (κ1) is 15.4. The molecule has 2 atom stereocenters. The molecule has 1 aliphatic rings. The third kappa shape index (κ3) is 4.53. The van der Waals surface area contributed by atoms with Crippen LogP contribution in [0.25, 0.3) is 0 Å². The van der Waals surface area contributed by atoms with Crippen LogP contribution in [0.2, 0.25) is 0 Å². The van der Waals surface area contributed by atoms with Crippen LogP contribution in [0.15, 0.2) is 24.3 Å². The third-order valence-corrected chi connectivity index (χ3v) is 3.61. The highest BCUT2D eigenvalue weighted by molar-refractivity contribution is 5.96. The van der Waals surface area contributed by atoms with Crippen LogP contribution in [0.1, 0.15) is 36.0 Å². The van der Waals surface area contributed by atoms with Gasteiger partial charge in [0.05, 0.1) is 13.2 Å². The first-order chi connectivity index (χ1) is 10.1. The van der Waals surface area contributed by atoms with Crippen LogP contribution in [0.3, 0.4) is 0 Å². The molecule has 1 aromatic carbocycles. The molecule has 0 aliphatic carbocycles. The molecule has 1 aromatic rings. The molecule has 0 radical (unpaired) electrons. The number of Topliss-reactive ketones (excluding diaryl/α,β-unsaturated/α-hetero) is 1. The average molecular weight is 293 g/mol. The molecule has 1 heterocycles. The molecule has 1 saturated heterocycles. The molecule has 0 unspecified atom stereocenters. The summed E-state index contributed by atoms with van der Waals surface area (Å²) < 4.78 is 10.7. The summed E-state index contributed by atoms with van der Waals surface area (Å²) in [4.78, 5) is 22.3. The topological polar surface area (TPSA) is 78.7 Å². The van der Waals surface area contributed by atoms with Gasteiger partial charge in [0.25, 0.3) is 0 Å². The van der Waals surface area contributed by atoms with Crippen molar-refractivity contribution in [3.8, 4) is 5.75 Å². The van der Waals surface area contributed by atoms with Crippen LogP contribution in [0.4, 0.5) is 0 Å². The van der Waals surface area contributed by atoms with E-state index in [2.05, 4.69) is 0 Å². The summed E-state index contributed by atoms with van der Waals surface area (Å²) in [6, 6.07) is 6.92. The van der Waals surface area contributed by atoms with Gasteiger partial charge >= 0.3 is 0 Å². The number of nitro groups is 1. The minimum Gasteiger partial charge on any atom is -0.497 e. The Morgan fingerprint density at radius 3 is 2.62 bits per heavy atom. The van der Waals surface area contributed by atoms with Gasteiger partial charge in [0.2, 0.25) is 6.54 Å². The largest absolute Gasteiger partial charge is 0.497 e. The number of hydrogen-bond acceptors (Lipinski definition) is 5. The maximum absolute atomic E-state index is 12.2. The van der Waals surface area contributed by atoms with E-state index in [9.17, 15) is 14.9 Å².